The number of aromatic nitrogens is 1. The molecule has 0 aliphatic carbocycles. The van der Waals surface area contributed by atoms with Gasteiger partial charge in [-0.3, -0.25) is 4.79 Å². The predicted molar refractivity (Wildman–Crippen MR) is 109 cm³/mol. The molecule has 6 heteroatoms. The molecule has 2 N–H and O–H groups in total. The lowest BCUT2D eigenvalue weighted by Crippen LogP contribution is -2.12. The van der Waals surface area contributed by atoms with Crippen LogP contribution in [0.2, 0.25) is 0 Å². The van der Waals surface area contributed by atoms with Crippen molar-refractivity contribution in [3.63, 3.8) is 0 Å². The first-order valence-corrected chi connectivity index (χ1v) is 8.51. The molecule has 0 radical (unpaired) electrons. The van der Waals surface area contributed by atoms with Gasteiger partial charge in [0.2, 0.25) is 0 Å². The smallest absolute Gasteiger partial charge is 0.257 e. The predicted octanol–water partition coefficient (Wildman–Crippen LogP) is 4.15. The Bertz CT molecular complexity index is 889. The minimum absolute atomic E-state index is 0.213. The molecule has 0 bridgehead atoms. The molecule has 1 heterocycles. The van der Waals surface area contributed by atoms with Crippen molar-refractivity contribution in [2.75, 3.05) is 36.7 Å². The highest BCUT2D eigenvalue weighted by molar-refractivity contribution is 6.04. The molecule has 0 aliphatic rings. The molecule has 3 aromatic rings. The van der Waals surface area contributed by atoms with Gasteiger partial charge in [0.1, 0.15) is 11.6 Å². The van der Waals surface area contributed by atoms with Crippen molar-refractivity contribution in [2.45, 2.75) is 0 Å². The Morgan fingerprint density at radius 2 is 1.59 bits per heavy atom. The number of carbonyl (C=O) groups excluding carboxylic acids is 1. The summed E-state index contributed by atoms with van der Waals surface area (Å²) in [5, 5.41) is 6.06. The van der Waals surface area contributed by atoms with E-state index in [9.17, 15) is 4.79 Å². The van der Waals surface area contributed by atoms with Crippen molar-refractivity contribution in [1.29, 1.82) is 0 Å². The van der Waals surface area contributed by atoms with Gasteiger partial charge in [0.05, 0.1) is 12.7 Å². The molecule has 1 amide bonds. The van der Waals surface area contributed by atoms with Gasteiger partial charge in [-0.2, -0.15) is 0 Å². The molecule has 138 valence electrons. The van der Waals surface area contributed by atoms with Crippen LogP contribution < -0.4 is 20.3 Å². The van der Waals surface area contributed by atoms with Crippen LogP contribution in [-0.4, -0.2) is 32.1 Å². The van der Waals surface area contributed by atoms with Crippen LogP contribution in [0.15, 0.2) is 66.9 Å². The molecule has 3 rings (SSSR count). The maximum absolute atomic E-state index is 12.3. The van der Waals surface area contributed by atoms with Crippen LogP contribution in [0.5, 0.6) is 5.75 Å². The molecule has 0 atom stereocenters. The highest BCUT2D eigenvalue weighted by atomic mass is 16.5. The van der Waals surface area contributed by atoms with Gasteiger partial charge >= 0.3 is 0 Å². The highest BCUT2D eigenvalue weighted by Gasteiger charge is 2.07. The first kappa shape index (κ1) is 18.3. The Morgan fingerprint density at radius 1 is 0.926 bits per heavy atom. The summed E-state index contributed by atoms with van der Waals surface area (Å²) in [7, 11) is 5.60. The van der Waals surface area contributed by atoms with Gasteiger partial charge in [-0.1, -0.05) is 0 Å². The van der Waals surface area contributed by atoms with E-state index in [1.807, 2.05) is 43.3 Å². The van der Waals surface area contributed by atoms with Crippen molar-refractivity contribution < 1.29 is 9.53 Å². The number of amides is 1. The molecule has 27 heavy (non-hydrogen) atoms. The van der Waals surface area contributed by atoms with Gasteiger partial charge < -0.3 is 20.3 Å². The van der Waals surface area contributed by atoms with Crippen molar-refractivity contribution in [3.05, 3.63) is 72.4 Å². The average Bonchev–Trinajstić information content (AvgIpc) is 2.69. The lowest BCUT2D eigenvalue weighted by molar-refractivity contribution is 0.102. The molecule has 0 spiro atoms. The number of methoxy groups -OCH3 is 1. The molecule has 2 aromatic carbocycles. The maximum Gasteiger partial charge on any atom is 0.257 e. The number of anilines is 4. The highest BCUT2D eigenvalue weighted by Crippen LogP contribution is 2.20. The molecular weight excluding hydrogens is 340 g/mol. The Kier molecular flexibility index (Phi) is 5.56. The standard InChI is InChI=1S/C21H22N4O2/c1-25(2)18-9-5-16(6-10-18)23-20-13-4-15(14-22-20)21(26)24-17-7-11-19(27-3)12-8-17/h4-14H,1-3H3,(H,22,23)(H,24,26). The van der Waals surface area contributed by atoms with E-state index in [4.69, 9.17) is 4.74 Å². The normalized spacial score (nSPS) is 10.2. The Balaban J connectivity index is 1.62. The largest absolute Gasteiger partial charge is 0.497 e. The third-order valence-corrected chi connectivity index (χ3v) is 4.03. The molecule has 0 fully saturated rings. The van der Waals surface area contributed by atoms with Crippen molar-refractivity contribution >= 4 is 28.8 Å². The second kappa shape index (κ2) is 8.23. The second-order valence-corrected chi connectivity index (χ2v) is 6.18. The summed E-state index contributed by atoms with van der Waals surface area (Å²) >= 11 is 0. The summed E-state index contributed by atoms with van der Waals surface area (Å²) < 4.78 is 5.11. The van der Waals surface area contributed by atoms with Crippen LogP contribution in [0.25, 0.3) is 0 Å². The topological polar surface area (TPSA) is 66.5 Å². The minimum Gasteiger partial charge on any atom is -0.497 e. The summed E-state index contributed by atoms with van der Waals surface area (Å²) in [5.41, 5.74) is 3.24. The zero-order valence-corrected chi connectivity index (χ0v) is 15.6. The minimum atomic E-state index is -0.213. The molecule has 0 unspecified atom stereocenters. The number of pyridine rings is 1. The number of hydrogen-bond acceptors (Lipinski definition) is 5. The lowest BCUT2D eigenvalue weighted by atomic mass is 10.2. The first-order valence-electron chi connectivity index (χ1n) is 8.51. The summed E-state index contributed by atoms with van der Waals surface area (Å²) in [4.78, 5) is 18.7. The van der Waals surface area contributed by atoms with E-state index < -0.39 is 0 Å². The van der Waals surface area contributed by atoms with Gasteiger partial charge in [-0.05, 0) is 60.7 Å². The molecule has 1 aromatic heterocycles. The summed E-state index contributed by atoms with van der Waals surface area (Å²) in [6.45, 7) is 0. The van der Waals surface area contributed by atoms with Crippen LogP contribution in [0.4, 0.5) is 22.9 Å². The summed E-state index contributed by atoms with van der Waals surface area (Å²) in [6.07, 6.45) is 1.55. The van der Waals surface area contributed by atoms with Crippen LogP contribution in [0, 0.1) is 0 Å². The fourth-order valence-electron chi connectivity index (χ4n) is 2.47. The Labute approximate surface area is 158 Å². The fourth-order valence-corrected chi connectivity index (χ4v) is 2.47. The second-order valence-electron chi connectivity index (χ2n) is 6.18. The monoisotopic (exact) mass is 362 g/mol. The van der Waals surface area contributed by atoms with E-state index in [1.54, 1.807) is 49.7 Å². The zero-order chi connectivity index (χ0) is 19.2. The summed E-state index contributed by atoms with van der Waals surface area (Å²) in [5.74, 6) is 1.20. The van der Waals surface area contributed by atoms with E-state index in [1.165, 1.54) is 0 Å². The number of hydrogen-bond donors (Lipinski definition) is 2. The molecular formula is C21H22N4O2. The number of benzene rings is 2. The average molecular weight is 362 g/mol. The number of nitrogens with one attached hydrogen (secondary N) is 2. The molecule has 6 nitrogen and oxygen atoms in total. The third-order valence-electron chi connectivity index (χ3n) is 4.03. The third kappa shape index (κ3) is 4.76. The van der Waals surface area contributed by atoms with E-state index in [-0.39, 0.29) is 5.91 Å². The zero-order valence-electron chi connectivity index (χ0n) is 15.6. The van der Waals surface area contributed by atoms with Crippen LogP contribution in [0.1, 0.15) is 10.4 Å². The number of nitrogens with zero attached hydrogens (tertiary/aromatic N) is 2. The lowest BCUT2D eigenvalue weighted by Gasteiger charge is -2.13. The molecule has 0 saturated carbocycles. The molecule has 0 saturated heterocycles. The number of rotatable bonds is 6. The number of carbonyl (C=O) groups is 1. The van der Waals surface area contributed by atoms with Crippen molar-refractivity contribution in [1.82, 2.24) is 4.98 Å². The van der Waals surface area contributed by atoms with Gasteiger partial charge in [0.15, 0.2) is 0 Å². The van der Waals surface area contributed by atoms with Crippen LogP contribution in [-0.2, 0) is 0 Å². The number of ether oxygens (including phenoxy) is 1. The van der Waals surface area contributed by atoms with Gasteiger partial charge in [0, 0.05) is 37.4 Å². The fraction of sp³-hybridized carbons (Fsp3) is 0.143. The van der Waals surface area contributed by atoms with Crippen LogP contribution >= 0.6 is 0 Å². The van der Waals surface area contributed by atoms with Crippen molar-refractivity contribution in [2.24, 2.45) is 0 Å². The Morgan fingerprint density at radius 3 is 2.15 bits per heavy atom. The van der Waals surface area contributed by atoms with E-state index >= 15 is 0 Å². The molecule has 0 aliphatic heterocycles. The van der Waals surface area contributed by atoms with Crippen molar-refractivity contribution in [3.8, 4) is 5.75 Å². The van der Waals surface area contributed by atoms with Gasteiger partial charge in [-0.25, -0.2) is 4.98 Å². The first-order chi connectivity index (χ1) is 13.0. The quantitative estimate of drug-likeness (QED) is 0.689. The van der Waals surface area contributed by atoms with Gasteiger partial charge in [0.25, 0.3) is 5.91 Å². The van der Waals surface area contributed by atoms with E-state index in [2.05, 4.69) is 15.6 Å². The Hall–Kier alpha value is -3.54. The maximum atomic E-state index is 12.3. The summed E-state index contributed by atoms with van der Waals surface area (Å²) in [6, 6.07) is 18.7. The van der Waals surface area contributed by atoms with E-state index in [0.717, 1.165) is 17.1 Å². The van der Waals surface area contributed by atoms with Gasteiger partial charge in [-0.15, -0.1) is 0 Å². The van der Waals surface area contributed by atoms with E-state index in [0.29, 0.717) is 17.1 Å². The van der Waals surface area contributed by atoms with Crippen LogP contribution in [0.3, 0.4) is 0 Å². The SMILES string of the molecule is COc1ccc(NC(=O)c2ccc(Nc3ccc(N(C)C)cc3)nc2)cc1.